The van der Waals surface area contributed by atoms with Crippen molar-refractivity contribution in [3.8, 4) is 5.69 Å². The van der Waals surface area contributed by atoms with Crippen molar-refractivity contribution in [2.24, 2.45) is 23.7 Å². The molecule has 5 aromatic carbocycles. The van der Waals surface area contributed by atoms with Gasteiger partial charge in [-0.3, -0.25) is 0 Å². The van der Waals surface area contributed by atoms with Gasteiger partial charge < -0.3 is 9.47 Å². The average Bonchev–Trinajstić information content (AvgIpc) is 3.37. The highest BCUT2D eigenvalue weighted by atomic mass is 79.9. The second-order valence-corrected chi connectivity index (χ2v) is 14.3. The van der Waals surface area contributed by atoms with Gasteiger partial charge in [-0.2, -0.15) is 0 Å². The van der Waals surface area contributed by atoms with Gasteiger partial charge in [0.25, 0.3) is 0 Å². The fraction of sp³-hybridized carbons (Fsp3) is 0.250. The maximum atomic E-state index is 4.20. The molecule has 0 N–H and O–H groups in total. The highest BCUT2D eigenvalue weighted by Crippen LogP contribution is 2.69. The number of benzene rings is 5. The predicted molar refractivity (Wildman–Crippen MR) is 181 cm³/mol. The molecule has 210 valence electrons. The van der Waals surface area contributed by atoms with Crippen LogP contribution in [0, 0.1) is 23.7 Å². The molecule has 0 atom stereocenters. The molecule has 43 heavy (non-hydrogen) atoms. The first-order valence-corrected chi connectivity index (χ1v) is 16.8. The van der Waals surface area contributed by atoms with Crippen LogP contribution in [0.2, 0.25) is 0 Å². The lowest BCUT2D eigenvalue weighted by Gasteiger charge is -2.64. The van der Waals surface area contributed by atoms with Crippen molar-refractivity contribution in [1.82, 2.24) is 4.57 Å². The van der Waals surface area contributed by atoms with Gasteiger partial charge in [0.1, 0.15) is 0 Å². The molecular weight excluding hydrogens is 588 g/mol. The van der Waals surface area contributed by atoms with E-state index in [9.17, 15) is 0 Å². The maximum Gasteiger partial charge on any atom is 0.0656 e. The van der Waals surface area contributed by atoms with Gasteiger partial charge in [-0.15, -0.1) is 0 Å². The summed E-state index contributed by atoms with van der Waals surface area (Å²) in [6.07, 6.45) is 7.04. The Morgan fingerprint density at radius 3 is 1.53 bits per heavy atom. The minimum Gasteiger partial charge on any atom is -0.309 e. The van der Waals surface area contributed by atoms with E-state index >= 15 is 0 Å². The van der Waals surface area contributed by atoms with E-state index in [1.807, 2.05) is 0 Å². The van der Waals surface area contributed by atoms with Crippen LogP contribution < -0.4 is 4.90 Å². The Bertz CT molecular complexity index is 1960. The molecule has 0 unspecified atom stereocenters. The highest BCUT2D eigenvalue weighted by molar-refractivity contribution is 9.10. The van der Waals surface area contributed by atoms with Gasteiger partial charge >= 0.3 is 0 Å². The van der Waals surface area contributed by atoms with E-state index in [1.165, 1.54) is 76.7 Å². The number of anilines is 3. The van der Waals surface area contributed by atoms with Crippen LogP contribution >= 0.6 is 15.9 Å². The van der Waals surface area contributed by atoms with Crippen molar-refractivity contribution >= 4 is 54.8 Å². The highest BCUT2D eigenvalue weighted by Gasteiger charge is 2.61. The first-order valence-electron chi connectivity index (χ1n) is 16.0. The molecule has 1 aromatic heterocycles. The Kier molecular flexibility index (Phi) is 5.07. The molecule has 2 nitrogen and oxygen atoms in total. The quantitative estimate of drug-likeness (QED) is 0.187. The number of rotatable bonds is 2. The van der Waals surface area contributed by atoms with Crippen LogP contribution in [0.15, 0.2) is 120 Å². The van der Waals surface area contributed by atoms with Gasteiger partial charge in [0.2, 0.25) is 0 Å². The van der Waals surface area contributed by atoms with Crippen LogP contribution in [0.4, 0.5) is 17.1 Å². The van der Waals surface area contributed by atoms with Crippen LogP contribution in [0.25, 0.3) is 27.5 Å². The lowest BCUT2D eigenvalue weighted by Crippen LogP contribution is -2.57. The van der Waals surface area contributed by atoms with E-state index in [1.54, 1.807) is 11.1 Å². The first-order chi connectivity index (χ1) is 21.2. The van der Waals surface area contributed by atoms with Crippen molar-refractivity contribution in [2.45, 2.75) is 37.5 Å². The lowest BCUT2D eigenvalue weighted by molar-refractivity contribution is -0.0419. The number of fused-ring (bicyclic) bond motifs is 5. The molecule has 2 heterocycles. The first kappa shape index (κ1) is 24.6. The maximum absolute atomic E-state index is 4.20. The molecule has 4 saturated carbocycles. The molecule has 4 aliphatic carbocycles. The number of para-hydroxylation sites is 4. The molecule has 0 saturated heterocycles. The fourth-order valence-electron chi connectivity index (χ4n) is 10.4. The summed E-state index contributed by atoms with van der Waals surface area (Å²) in [6.45, 7) is 0. The zero-order chi connectivity index (χ0) is 28.3. The van der Waals surface area contributed by atoms with Crippen LogP contribution in [0.1, 0.15) is 43.2 Å². The van der Waals surface area contributed by atoms with Gasteiger partial charge in [-0.25, -0.2) is 0 Å². The molecule has 4 fully saturated rings. The van der Waals surface area contributed by atoms with Crippen molar-refractivity contribution in [1.29, 1.82) is 0 Å². The molecule has 6 aromatic rings. The van der Waals surface area contributed by atoms with Gasteiger partial charge in [-0.05, 0) is 119 Å². The van der Waals surface area contributed by atoms with Gasteiger partial charge in [0.05, 0.1) is 38.3 Å². The van der Waals surface area contributed by atoms with E-state index in [0.717, 1.165) is 28.1 Å². The minimum absolute atomic E-state index is 0.119. The summed E-state index contributed by atoms with van der Waals surface area (Å²) in [5, 5.41) is 2.57. The van der Waals surface area contributed by atoms with E-state index in [4.69, 9.17) is 0 Å². The minimum atomic E-state index is 0.119. The SMILES string of the molecule is Brc1c(N2c3ccccc3C3(c4ccccc42)C2CC4CC(C2)CC3C4)cccc1-n1c2ccccc2c2ccccc21. The van der Waals surface area contributed by atoms with Crippen LogP contribution in [0.3, 0.4) is 0 Å². The summed E-state index contributed by atoms with van der Waals surface area (Å²) >= 11 is 4.20. The Morgan fingerprint density at radius 2 is 0.953 bits per heavy atom. The van der Waals surface area contributed by atoms with Crippen molar-refractivity contribution in [3.63, 3.8) is 0 Å². The topological polar surface area (TPSA) is 8.17 Å². The van der Waals surface area contributed by atoms with E-state index in [0.29, 0.717) is 0 Å². The molecule has 1 aliphatic heterocycles. The molecule has 0 radical (unpaired) electrons. The lowest BCUT2D eigenvalue weighted by atomic mass is 9.41. The third-order valence-corrected chi connectivity index (χ3v) is 12.4. The fourth-order valence-corrected chi connectivity index (χ4v) is 11.0. The number of halogens is 1. The van der Waals surface area contributed by atoms with Gasteiger partial charge in [0.15, 0.2) is 0 Å². The number of nitrogens with zero attached hydrogens (tertiary/aromatic N) is 2. The molecule has 0 amide bonds. The van der Waals surface area contributed by atoms with Crippen LogP contribution in [-0.2, 0) is 5.41 Å². The molecule has 4 bridgehead atoms. The molecular formula is C40H33BrN2. The Hall–Kier alpha value is -3.82. The van der Waals surface area contributed by atoms with Gasteiger partial charge in [0, 0.05) is 16.2 Å². The Morgan fingerprint density at radius 1 is 0.488 bits per heavy atom. The van der Waals surface area contributed by atoms with E-state index in [2.05, 4.69) is 141 Å². The average molecular weight is 622 g/mol. The van der Waals surface area contributed by atoms with Crippen molar-refractivity contribution < 1.29 is 0 Å². The summed E-state index contributed by atoms with van der Waals surface area (Å²) < 4.78 is 3.55. The third-order valence-electron chi connectivity index (χ3n) is 11.6. The normalized spacial score (nSPS) is 24.5. The monoisotopic (exact) mass is 620 g/mol. The van der Waals surface area contributed by atoms with Gasteiger partial charge in [-0.1, -0.05) is 78.9 Å². The third kappa shape index (κ3) is 3.14. The summed E-state index contributed by atoms with van der Waals surface area (Å²) in [7, 11) is 0. The molecule has 11 rings (SSSR count). The smallest absolute Gasteiger partial charge is 0.0656 e. The van der Waals surface area contributed by atoms with Crippen molar-refractivity contribution in [2.75, 3.05) is 4.90 Å². The zero-order valence-electron chi connectivity index (χ0n) is 24.1. The predicted octanol–water partition coefficient (Wildman–Crippen LogP) is 11.1. The Balaban J connectivity index is 1.23. The molecule has 5 aliphatic rings. The standard InChI is InChI=1S/C40H33BrN2/c41-39-37(42-33-14-5-1-10-29(33)30-11-2-6-15-34(30)42)18-9-19-38(39)43-35-16-7-3-12-31(35)40(32-13-4-8-17-36(32)43)27-21-25-20-26(23-27)24-28(40)22-25/h1-19,25-28H,20-24H2. The molecule has 1 spiro atoms. The number of aromatic nitrogens is 1. The van der Waals surface area contributed by atoms with Crippen LogP contribution in [-0.4, -0.2) is 4.57 Å². The summed E-state index contributed by atoms with van der Waals surface area (Å²) in [5.41, 5.74) is 10.8. The largest absolute Gasteiger partial charge is 0.309 e. The Labute approximate surface area is 261 Å². The van der Waals surface area contributed by atoms with Crippen molar-refractivity contribution in [3.05, 3.63) is 131 Å². The number of hydrogen-bond donors (Lipinski definition) is 0. The van der Waals surface area contributed by atoms with E-state index < -0.39 is 0 Å². The number of hydrogen-bond acceptors (Lipinski definition) is 1. The zero-order valence-corrected chi connectivity index (χ0v) is 25.7. The second-order valence-electron chi connectivity index (χ2n) is 13.5. The summed E-state index contributed by atoms with van der Waals surface area (Å²) in [6, 6.07) is 43.2. The summed E-state index contributed by atoms with van der Waals surface area (Å²) in [4.78, 5) is 2.56. The van der Waals surface area contributed by atoms with E-state index in [-0.39, 0.29) is 5.41 Å². The van der Waals surface area contributed by atoms with Crippen LogP contribution in [0.5, 0.6) is 0 Å². The summed E-state index contributed by atoms with van der Waals surface area (Å²) in [5.74, 6) is 3.34. The second kappa shape index (κ2) is 8.86. The molecule has 3 heteroatoms.